The van der Waals surface area contributed by atoms with E-state index in [4.69, 9.17) is 5.26 Å². The number of hydrogen-bond donors (Lipinski definition) is 1. The number of anilines is 1. The van der Waals surface area contributed by atoms with E-state index in [9.17, 15) is 13.2 Å². The van der Waals surface area contributed by atoms with Gasteiger partial charge in [0.15, 0.2) is 0 Å². The minimum absolute atomic E-state index is 0.250. The predicted octanol–water partition coefficient (Wildman–Crippen LogP) is 3.05. The molecule has 1 N–H and O–H groups in total. The summed E-state index contributed by atoms with van der Waals surface area (Å²) in [5, 5.41) is 12.3. The van der Waals surface area contributed by atoms with Crippen molar-refractivity contribution in [2.24, 2.45) is 0 Å². The molecule has 1 aromatic carbocycles. The molecule has 0 amide bonds. The number of nitrogens with one attached hydrogen (secondary N) is 1. The zero-order valence-electron chi connectivity index (χ0n) is 11.8. The highest BCUT2D eigenvalue weighted by atomic mass is 19.4. The topological polar surface area (TPSA) is 39.1 Å². The van der Waals surface area contributed by atoms with Gasteiger partial charge in [-0.1, -0.05) is 19.9 Å². The van der Waals surface area contributed by atoms with E-state index in [1.54, 1.807) is 18.2 Å². The van der Waals surface area contributed by atoms with Crippen LogP contribution in [0.25, 0.3) is 0 Å². The average Bonchev–Trinajstić information content (AvgIpc) is 2.33. The number of nitrogens with zero attached hydrogens (tertiary/aromatic N) is 2. The molecule has 0 aliphatic rings. The van der Waals surface area contributed by atoms with Gasteiger partial charge in [-0.15, -0.1) is 0 Å². The first-order valence-electron chi connectivity index (χ1n) is 6.27. The maximum absolute atomic E-state index is 12.4. The molecule has 0 saturated heterocycles. The second-order valence-corrected chi connectivity index (χ2v) is 4.97. The molecule has 0 spiro atoms. The van der Waals surface area contributed by atoms with Crippen molar-refractivity contribution >= 4 is 5.69 Å². The van der Waals surface area contributed by atoms with E-state index < -0.39 is 12.7 Å². The minimum Gasteiger partial charge on any atom is -0.365 e. The van der Waals surface area contributed by atoms with Crippen LogP contribution in [0.1, 0.15) is 25.0 Å². The Labute approximate surface area is 117 Å². The molecule has 0 aliphatic heterocycles. The summed E-state index contributed by atoms with van der Waals surface area (Å²) >= 11 is 0. The molecule has 1 rings (SSSR count). The van der Waals surface area contributed by atoms with Crippen molar-refractivity contribution in [3.63, 3.8) is 0 Å². The van der Waals surface area contributed by atoms with E-state index in [0.717, 1.165) is 10.5 Å². The predicted molar refractivity (Wildman–Crippen MR) is 72.5 cm³/mol. The molecule has 110 valence electrons. The second kappa shape index (κ2) is 6.62. The summed E-state index contributed by atoms with van der Waals surface area (Å²) in [5.41, 5.74) is 1.41. The summed E-state index contributed by atoms with van der Waals surface area (Å²) in [6.07, 6.45) is -4.29. The number of halogens is 3. The lowest BCUT2D eigenvalue weighted by atomic mass is 10.1. The van der Waals surface area contributed by atoms with Gasteiger partial charge in [-0.2, -0.15) is 18.4 Å². The van der Waals surface area contributed by atoms with Crippen LogP contribution in [0.4, 0.5) is 18.9 Å². The van der Waals surface area contributed by atoms with E-state index in [1.165, 1.54) is 7.05 Å². The zero-order valence-corrected chi connectivity index (χ0v) is 11.8. The SMILES string of the molecule is CC(C)NCc1ccc(N(C)CC(F)(F)F)c(C#N)c1. The average molecular weight is 285 g/mol. The summed E-state index contributed by atoms with van der Waals surface area (Å²) < 4.78 is 37.1. The minimum atomic E-state index is -4.29. The Morgan fingerprint density at radius 1 is 1.35 bits per heavy atom. The molecule has 1 aromatic rings. The lowest BCUT2D eigenvalue weighted by Gasteiger charge is -2.22. The van der Waals surface area contributed by atoms with Gasteiger partial charge in [-0.25, -0.2) is 0 Å². The number of alkyl halides is 3. The van der Waals surface area contributed by atoms with Crippen LogP contribution in [0, 0.1) is 11.3 Å². The number of rotatable bonds is 5. The Hall–Kier alpha value is -1.74. The summed E-state index contributed by atoms with van der Waals surface area (Å²) in [4.78, 5) is 1.04. The molecular weight excluding hydrogens is 267 g/mol. The van der Waals surface area contributed by atoms with Gasteiger partial charge in [-0.05, 0) is 17.7 Å². The molecule has 0 atom stereocenters. The molecule has 0 fully saturated rings. The lowest BCUT2D eigenvalue weighted by molar-refractivity contribution is -0.119. The largest absolute Gasteiger partial charge is 0.405 e. The van der Waals surface area contributed by atoms with Crippen LogP contribution in [0.3, 0.4) is 0 Å². The highest BCUT2D eigenvalue weighted by molar-refractivity contribution is 5.60. The number of nitriles is 1. The molecule has 0 aliphatic carbocycles. The van der Waals surface area contributed by atoms with Crippen molar-refractivity contribution in [1.29, 1.82) is 5.26 Å². The van der Waals surface area contributed by atoms with Gasteiger partial charge in [0.05, 0.1) is 11.3 Å². The second-order valence-electron chi connectivity index (χ2n) is 4.97. The van der Waals surface area contributed by atoms with Crippen molar-refractivity contribution in [3.8, 4) is 6.07 Å². The molecule has 0 unspecified atom stereocenters. The van der Waals surface area contributed by atoms with Crippen LogP contribution in [0.2, 0.25) is 0 Å². The van der Waals surface area contributed by atoms with Gasteiger partial charge in [0, 0.05) is 19.6 Å². The van der Waals surface area contributed by atoms with Crippen LogP contribution in [0.5, 0.6) is 0 Å². The maximum atomic E-state index is 12.4. The highest BCUT2D eigenvalue weighted by Crippen LogP contribution is 2.24. The van der Waals surface area contributed by atoms with Crippen LogP contribution < -0.4 is 10.2 Å². The van der Waals surface area contributed by atoms with Crippen LogP contribution in [-0.4, -0.2) is 25.8 Å². The van der Waals surface area contributed by atoms with E-state index >= 15 is 0 Å². The monoisotopic (exact) mass is 285 g/mol. The summed E-state index contributed by atoms with van der Waals surface area (Å²) in [5.74, 6) is 0. The smallest absolute Gasteiger partial charge is 0.365 e. The maximum Gasteiger partial charge on any atom is 0.405 e. The Morgan fingerprint density at radius 2 is 2.00 bits per heavy atom. The van der Waals surface area contributed by atoms with Gasteiger partial charge in [0.2, 0.25) is 0 Å². The molecule has 6 heteroatoms. The van der Waals surface area contributed by atoms with E-state index in [-0.39, 0.29) is 11.3 Å². The third-order valence-corrected chi connectivity index (χ3v) is 2.72. The summed E-state index contributed by atoms with van der Waals surface area (Å²) in [6.45, 7) is 3.49. The quantitative estimate of drug-likeness (QED) is 0.903. The molecule has 20 heavy (non-hydrogen) atoms. The van der Waals surface area contributed by atoms with Gasteiger partial charge < -0.3 is 10.2 Å². The normalized spacial score (nSPS) is 11.5. The first-order valence-corrected chi connectivity index (χ1v) is 6.27. The van der Waals surface area contributed by atoms with E-state index in [1.807, 2.05) is 19.9 Å². The van der Waals surface area contributed by atoms with Crippen LogP contribution in [0.15, 0.2) is 18.2 Å². The Balaban J connectivity index is 2.91. The Bertz CT molecular complexity index is 489. The Kier molecular flexibility index (Phi) is 5.40. The van der Waals surface area contributed by atoms with Gasteiger partial charge in [0.25, 0.3) is 0 Å². The van der Waals surface area contributed by atoms with Crippen LogP contribution in [-0.2, 0) is 6.54 Å². The van der Waals surface area contributed by atoms with Crippen molar-refractivity contribution < 1.29 is 13.2 Å². The van der Waals surface area contributed by atoms with Gasteiger partial charge in [-0.3, -0.25) is 0 Å². The molecule has 0 radical (unpaired) electrons. The highest BCUT2D eigenvalue weighted by Gasteiger charge is 2.30. The van der Waals surface area contributed by atoms with Crippen LogP contribution >= 0.6 is 0 Å². The molecule has 0 heterocycles. The third kappa shape index (κ3) is 5.10. The van der Waals surface area contributed by atoms with Gasteiger partial charge in [0.1, 0.15) is 12.6 Å². The summed E-state index contributed by atoms with van der Waals surface area (Å²) in [6, 6.07) is 7.17. The van der Waals surface area contributed by atoms with Crippen molar-refractivity contribution in [2.45, 2.75) is 32.6 Å². The Morgan fingerprint density at radius 3 is 2.50 bits per heavy atom. The molecule has 0 bridgehead atoms. The van der Waals surface area contributed by atoms with Crippen molar-refractivity contribution in [2.75, 3.05) is 18.5 Å². The van der Waals surface area contributed by atoms with E-state index in [0.29, 0.717) is 12.6 Å². The fraction of sp³-hybridized carbons (Fsp3) is 0.500. The number of benzene rings is 1. The fourth-order valence-corrected chi connectivity index (χ4v) is 1.79. The van der Waals surface area contributed by atoms with Crippen molar-refractivity contribution in [1.82, 2.24) is 5.32 Å². The fourth-order valence-electron chi connectivity index (χ4n) is 1.79. The third-order valence-electron chi connectivity index (χ3n) is 2.72. The molecular formula is C14H18F3N3. The molecule has 3 nitrogen and oxygen atoms in total. The first kappa shape index (κ1) is 16.3. The molecule has 0 aromatic heterocycles. The standard InChI is InChI=1S/C14H18F3N3/c1-10(2)19-8-11-4-5-13(12(6-11)7-18)20(3)9-14(15,16)17/h4-6,10,19H,8-9H2,1-3H3. The van der Waals surface area contributed by atoms with Gasteiger partial charge >= 0.3 is 6.18 Å². The van der Waals surface area contributed by atoms with Crippen molar-refractivity contribution in [3.05, 3.63) is 29.3 Å². The first-order chi connectivity index (χ1) is 9.23. The van der Waals surface area contributed by atoms with E-state index in [2.05, 4.69) is 5.32 Å². The zero-order chi connectivity index (χ0) is 15.3. The molecule has 0 saturated carbocycles. The lowest BCUT2D eigenvalue weighted by Crippen LogP contribution is -2.31. The summed E-state index contributed by atoms with van der Waals surface area (Å²) in [7, 11) is 1.33. The number of hydrogen-bond acceptors (Lipinski definition) is 3.